The minimum Gasteiger partial charge on any atom is -0.438 e. The molecule has 0 fully saturated rings. The van der Waals surface area contributed by atoms with Crippen LogP contribution in [0.5, 0.6) is 0 Å². The van der Waals surface area contributed by atoms with Gasteiger partial charge in [0.1, 0.15) is 11.9 Å². The number of sulfonamides is 1. The first kappa shape index (κ1) is 33.0. The molecule has 4 N–H and O–H groups in total. The zero-order valence-corrected chi connectivity index (χ0v) is 26.3. The minimum atomic E-state index is -3.90. The van der Waals surface area contributed by atoms with E-state index in [0.29, 0.717) is 28.9 Å². The van der Waals surface area contributed by atoms with E-state index in [-0.39, 0.29) is 29.1 Å². The quantitative estimate of drug-likeness (QED) is 0.167. The molecule has 3 aromatic carbocycles. The van der Waals surface area contributed by atoms with Crippen molar-refractivity contribution in [3.63, 3.8) is 0 Å². The first-order chi connectivity index (χ1) is 21.5. The number of aliphatic imine (C=N–C) groups is 1. The second kappa shape index (κ2) is 14.7. The van der Waals surface area contributed by atoms with Crippen LogP contribution >= 0.6 is 0 Å². The summed E-state index contributed by atoms with van der Waals surface area (Å²) in [7, 11) is -3.90. The summed E-state index contributed by atoms with van der Waals surface area (Å²) in [5, 5.41) is 5.40. The van der Waals surface area contributed by atoms with Crippen LogP contribution in [-0.4, -0.2) is 42.2 Å². The number of amidine groups is 1. The third-order valence-electron chi connectivity index (χ3n) is 7.43. The van der Waals surface area contributed by atoms with Gasteiger partial charge in [0.05, 0.1) is 17.0 Å². The number of pyridine rings is 1. The van der Waals surface area contributed by atoms with Gasteiger partial charge >= 0.3 is 6.09 Å². The molecule has 2 unspecified atom stereocenters. The molecule has 0 bridgehead atoms. The van der Waals surface area contributed by atoms with Gasteiger partial charge in [-0.05, 0) is 61.2 Å². The second-order valence-electron chi connectivity index (χ2n) is 10.7. The Morgan fingerprint density at radius 1 is 0.933 bits per heavy atom. The molecule has 0 radical (unpaired) electrons. The number of carbonyl (C=O) groups excluding carboxylic acids is 2. The number of primary sulfonamides is 1. The molecule has 11 heteroatoms. The van der Waals surface area contributed by atoms with Gasteiger partial charge in [-0.3, -0.25) is 9.78 Å². The van der Waals surface area contributed by atoms with Crippen molar-refractivity contribution < 1.29 is 22.7 Å². The fourth-order valence-electron chi connectivity index (χ4n) is 4.78. The highest BCUT2D eigenvalue weighted by Crippen LogP contribution is 2.27. The van der Waals surface area contributed by atoms with Crippen LogP contribution in [0.4, 0.5) is 4.79 Å². The molecule has 10 nitrogen and oxygen atoms in total. The Bertz CT molecular complexity index is 1780. The SMILES string of the molecule is CCC(C)N(Cc1cccc(C(N)=NC(=O)OC(C)c2ccccn2)c1)C(=O)Cc1ccc(-c2ccccc2S(N)(=O)=O)cc1. The number of ether oxygens (including phenoxy) is 1. The Morgan fingerprint density at radius 3 is 2.31 bits per heavy atom. The summed E-state index contributed by atoms with van der Waals surface area (Å²) in [5.41, 5.74) is 10.1. The Balaban J connectivity index is 1.46. The molecule has 1 heterocycles. The van der Waals surface area contributed by atoms with E-state index in [1.54, 1.807) is 84.8 Å². The van der Waals surface area contributed by atoms with E-state index in [9.17, 15) is 18.0 Å². The number of benzene rings is 3. The predicted molar refractivity (Wildman–Crippen MR) is 174 cm³/mol. The van der Waals surface area contributed by atoms with Gasteiger partial charge in [0, 0.05) is 29.9 Å². The van der Waals surface area contributed by atoms with E-state index in [0.717, 1.165) is 17.5 Å². The van der Waals surface area contributed by atoms with Gasteiger partial charge in [-0.15, -0.1) is 0 Å². The van der Waals surface area contributed by atoms with Crippen LogP contribution in [0.1, 0.15) is 55.7 Å². The highest BCUT2D eigenvalue weighted by Gasteiger charge is 2.21. The van der Waals surface area contributed by atoms with Gasteiger partial charge in [0.15, 0.2) is 0 Å². The summed E-state index contributed by atoms with van der Waals surface area (Å²) >= 11 is 0. The van der Waals surface area contributed by atoms with Crippen molar-refractivity contribution in [3.05, 3.63) is 120 Å². The summed E-state index contributed by atoms with van der Waals surface area (Å²) in [4.78, 5) is 35.9. The lowest BCUT2D eigenvalue weighted by Gasteiger charge is -2.29. The molecule has 0 aliphatic carbocycles. The highest BCUT2D eigenvalue weighted by atomic mass is 32.2. The Morgan fingerprint density at radius 2 is 1.64 bits per heavy atom. The van der Waals surface area contributed by atoms with E-state index in [1.807, 2.05) is 32.0 Å². The van der Waals surface area contributed by atoms with Crippen LogP contribution in [0.25, 0.3) is 11.1 Å². The smallest absolute Gasteiger partial charge is 0.436 e. The van der Waals surface area contributed by atoms with Gasteiger partial charge in [0.2, 0.25) is 15.9 Å². The lowest BCUT2D eigenvalue weighted by atomic mass is 10.0. The average molecular weight is 628 g/mol. The van der Waals surface area contributed by atoms with Gasteiger partial charge < -0.3 is 15.4 Å². The van der Waals surface area contributed by atoms with E-state index in [4.69, 9.17) is 15.6 Å². The van der Waals surface area contributed by atoms with Gasteiger partial charge in [-0.1, -0.05) is 73.7 Å². The third kappa shape index (κ3) is 8.84. The van der Waals surface area contributed by atoms with Crippen LogP contribution < -0.4 is 10.9 Å². The largest absolute Gasteiger partial charge is 0.438 e. The number of nitrogens with two attached hydrogens (primary N) is 2. The maximum Gasteiger partial charge on any atom is 0.436 e. The molecule has 0 saturated carbocycles. The fraction of sp³-hybridized carbons (Fsp3) is 0.235. The van der Waals surface area contributed by atoms with E-state index < -0.39 is 22.2 Å². The number of carbonyl (C=O) groups is 2. The summed E-state index contributed by atoms with van der Waals surface area (Å²) in [6.45, 7) is 6.04. The minimum absolute atomic E-state index is 0.000543. The molecule has 2 amide bonds. The number of amides is 2. The van der Waals surface area contributed by atoms with Crippen molar-refractivity contribution >= 4 is 27.9 Å². The van der Waals surface area contributed by atoms with Crippen LogP contribution in [-0.2, 0) is 32.5 Å². The van der Waals surface area contributed by atoms with Crippen molar-refractivity contribution in [1.82, 2.24) is 9.88 Å². The van der Waals surface area contributed by atoms with Crippen molar-refractivity contribution in [3.8, 4) is 11.1 Å². The van der Waals surface area contributed by atoms with Crippen molar-refractivity contribution in [2.45, 2.75) is 57.2 Å². The lowest BCUT2D eigenvalue weighted by Crippen LogP contribution is -2.38. The molecule has 234 valence electrons. The first-order valence-corrected chi connectivity index (χ1v) is 16.1. The standard InChI is InChI=1S/C34H37N5O5S/c1-4-23(2)39(32(40)21-25-15-17-27(18-16-25)29-12-5-6-14-31(29)45(36,42)43)22-26-10-9-11-28(20-26)33(35)38-34(41)44-24(3)30-13-7-8-19-37-30/h5-20,23-24H,4,21-22H2,1-3H3,(H2,35,38,41)(H2,36,42,43). The highest BCUT2D eigenvalue weighted by molar-refractivity contribution is 7.89. The molecule has 0 spiro atoms. The van der Waals surface area contributed by atoms with Crippen molar-refractivity contribution in [1.29, 1.82) is 0 Å². The Kier molecular flexibility index (Phi) is 10.8. The molecule has 0 aliphatic rings. The van der Waals surface area contributed by atoms with Crippen LogP contribution in [0, 0.1) is 0 Å². The maximum absolute atomic E-state index is 13.6. The summed E-state index contributed by atoms with van der Waals surface area (Å²) < 4.78 is 29.4. The fourth-order valence-corrected chi connectivity index (χ4v) is 5.55. The number of nitrogens with zero attached hydrogens (tertiary/aromatic N) is 3. The molecule has 4 rings (SSSR count). The molecule has 2 atom stereocenters. The Hall–Kier alpha value is -4.87. The molecule has 1 aromatic heterocycles. The van der Waals surface area contributed by atoms with Gasteiger partial charge in [-0.2, -0.15) is 4.99 Å². The molecule has 0 saturated heterocycles. The summed E-state index contributed by atoms with van der Waals surface area (Å²) in [6.07, 6.45) is 1.10. The third-order valence-corrected chi connectivity index (χ3v) is 8.40. The zero-order valence-electron chi connectivity index (χ0n) is 25.5. The molecular formula is C34H37N5O5S. The Labute approximate surface area is 263 Å². The van der Waals surface area contributed by atoms with Crippen LogP contribution in [0.15, 0.2) is 107 Å². The maximum atomic E-state index is 13.6. The normalized spacial score (nSPS) is 13.1. The number of rotatable bonds is 11. The van der Waals surface area contributed by atoms with Gasteiger partial charge in [0.25, 0.3) is 0 Å². The average Bonchev–Trinajstić information content (AvgIpc) is 3.03. The zero-order chi connectivity index (χ0) is 32.6. The van der Waals surface area contributed by atoms with E-state index in [1.165, 1.54) is 6.07 Å². The molecule has 4 aromatic rings. The van der Waals surface area contributed by atoms with Crippen molar-refractivity contribution in [2.24, 2.45) is 15.9 Å². The van der Waals surface area contributed by atoms with Crippen LogP contribution in [0.2, 0.25) is 0 Å². The topological polar surface area (TPSA) is 158 Å². The van der Waals surface area contributed by atoms with Gasteiger partial charge in [-0.25, -0.2) is 18.4 Å². The molecular weight excluding hydrogens is 590 g/mol. The summed E-state index contributed by atoms with van der Waals surface area (Å²) in [5.74, 6) is -0.0678. The first-order valence-electron chi connectivity index (χ1n) is 14.5. The number of hydrogen-bond acceptors (Lipinski definition) is 6. The predicted octanol–water partition coefficient (Wildman–Crippen LogP) is 5.37. The molecule has 0 aliphatic heterocycles. The monoisotopic (exact) mass is 627 g/mol. The number of aromatic nitrogens is 1. The number of hydrogen-bond donors (Lipinski definition) is 2. The van der Waals surface area contributed by atoms with E-state index in [2.05, 4.69) is 9.98 Å². The van der Waals surface area contributed by atoms with Crippen molar-refractivity contribution in [2.75, 3.05) is 0 Å². The van der Waals surface area contributed by atoms with Crippen LogP contribution in [0.3, 0.4) is 0 Å². The summed E-state index contributed by atoms with van der Waals surface area (Å²) in [6, 6.07) is 26.2. The lowest BCUT2D eigenvalue weighted by molar-refractivity contribution is -0.133. The molecule has 45 heavy (non-hydrogen) atoms. The second-order valence-corrected chi connectivity index (χ2v) is 12.2. The van der Waals surface area contributed by atoms with E-state index >= 15 is 0 Å².